The molecular weight excluding hydrogens is 354 g/mol. The van der Waals surface area contributed by atoms with Crippen molar-refractivity contribution in [2.75, 3.05) is 12.4 Å². The van der Waals surface area contributed by atoms with E-state index in [9.17, 15) is 4.79 Å². The van der Waals surface area contributed by atoms with Crippen LogP contribution in [0.5, 0.6) is 5.75 Å². The molecule has 0 saturated carbocycles. The van der Waals surface area contributed by atoms with E-state index in [0.717, 1.165) is 11.3 Å². The highest BCUT2D eigenvalue weighted by Gasteiger charge is 2.18. The van der Waals surface area contributed by atoms with Gasteiger partial charge >= 0.3 is 0 Å². The van der Waals surface area contributed by atoms with Crippen molar-refractivity contribution in [2.24, 2.45) is 0 Å². The first-order chi connectivity index (χ1) is 13.7. The third kappa shape index (κ3) is 3.61. The molecule has 0 aliphatic heterocycles. The molecule has 1 N–H and O–H groups in total. The van der Waals surface area contributed by atoms with Crippen LogP contribution in [-0.4, -0.2) is 23.2 Å². The van der Waals surface area contributed by atoms with Crippen LogP contribution in [0.25, 0.3) is 22.8 Å². The Labute approximate surface area is 161 Å². The molecule has 0 radical (unpaired) electrons. The summed E-state index contributed by atoms with van der Waals surface area (Å²) in [7, 11) is 1.60. The van der Waals surface area contributed by atoms with Crippen LogP contribution in [0.4, 0.5) is 5.69 Å². The van der Waals surface area contributed by atoms with E-state index in [1.54, 1.807) is 49.6 Å². The highest BCUT2D eigenvalue weighted by molar-refractivity contribution is 6.08. The summed E-state index contributed by atoms with van der Waals surface area (Å²) in [6, 6.07) is 23.8. The Hall–Kier alpha value is -3.93. The molecule has 4 aromatic rings. The van der Waals surface area contributed by atoms with Crippen LogP contribution < -0.4 is 10.1 Å². The molecule has 0 aliphatic rings. The molecule has 0 atom stereocenters. The Morgan fingerprint density at radius 1 is 0.929 bits per heavy atom. The number of amides is 1. The molecule has 0 spiro atoms. The van der Waals surface area contributed by atoms with Gasteiger partial charge in [-0.15, -0.1) is 0 Å². The SMILES string of the molecule is COc1ccc(NC(=O)c2ccccc2-c2nc(-c3ccccc3)no2)cc1. The molecule has 0 unspecified atom stereocenters. The molecule has 1 amide bonds. The monoisotopic (exact) mass is 371 g/mol. The molecule has 28 heavy (non-hydrogen) atoms. The average molecular weight is 371 g/mol. The van der Waals surface area contributed by atoms with E-state index in [0.29, 0.717) is 28.5 Å². The summed E-state index contributed by atoms with van der Waals surface area (Å²) >= 11 is 0. The van der Waals surface area contributed by atoms with Gasteiger partial charge in [-0.2, -0.15) is 4.98 Å². The van der Waals surface area contributed by atoms with E-state index in [4.69, 9.17) is 9.26 Å². The van der Waals surface area contributed by atoms with Gasteiger partial charge in [0.1, 0.15) is 5.75 Å². The number of carbonyl (C=O) groups is 1. The van der Waals surface area contributed by atoms with Gasteiger partial charge in [-0.3, -0.25) is 4.79 Å². The van der Waals surface area contributed by atoms with Gasteiger partial charge in [0.15, 0.2) is 0 Å². The van der Waals surface area contributed by atoms with Crippen LogP contribution in [0.2, 0.25) is 0 Å². The van der Waals surface area contributed by atoms with Gasteiger partial charge in [0.2, 0.25) is 5.82 Å². The highest BCUT2D eigenvalue weighted by Crippen LogP contribution is 2.26. The minimum absolute atomic E-state index is 0.264. The number of benzene rings is 3. The number of hydrogen-bond donors (Lipinski definition) is 1. The van der Waals surface area contributed by atoms with Gasteiger partial charge in [-0.1, -0.05) is 47.6 Å². The zero-order valence-electron chi connectivity index (χ0n) is 15.1. The summed E-state index contributed by atoms with van der Waals surface area (Å²) in [5.41, 5.74) is 2.53. The van der Waals surface area contributed by atoms with Crippen molar-refractivity contribution in [1.29, 1.82) is 0 Å². The normalized spacial score (nSPS) is 10.5. The van der Waals surface area contributed by atoms with E-state index in [1.165, 1.54) is 0 Å². The van der Waals surface area contributed by atoms with Crippen LogP contribution in [0, 0.1) is 0 Å². The number of carbonyl (C=O) groups excluding carboxylic acids is 1. The van der Waals surface area contributed by atoms with Crippen LogP contribution in [-0.2, 0) is 0 Å². The first-order valence-electron chi connectivity index (χ1n) is 8.68. The first-order valence-corrected chi connectivity index (χ1v) is 8.68. The molecule has 6 heteroatoms. The van der Waals surface area contributed by atoms with Crippen LogP contribution in [0.1, 0.15) is 10.4 Å². The van der Waals surface area contributed by atoms with Crippen molar-refractivity contribution in [3.05, 3.63) is 84.4 Å². The zero-order valence-corrected chi connectivity index (χ0v) is 15.1. The van der Waals surface area contributed by atoms with Crippen molar-refractivity contribution < 1.29 is 14.1 Å². The molecule has 138 valence electrons. The molecular formula is C22H17N3O3. The molecule has 6 nitrogen and oxygen atoms in total. The van der Waals surface area contributed by atoms with Crippen molar-refractivity contribution in [3.63, 3.8) is 0 Å². The topological polar surface area (TPSA) is 77.2 Å². The van der Waals surface area contributed by atoms with Gasteiger partial charge in [0.25, 0.3) is 11.8 Å². The number of anilines is 1. The molecule has 0 saturated heterocycles. The molecule has 4 rings (SSSR count). The van der Waals surface area contributed by atoms with Crippen molar-refractivity contribution in [1.82, 2.24) is 10.1 Å². The molecule has 0 aliphatic carbocycles. The Kier molecular flexibility index (Phi) is 4.84. The predicted octanol–water partition coefficient (Wildman–Crippen LogP) is 4.66. The summed E-state index contributed by atoms with van der Waals surface area (Å²) in [6.45, 7) is 0. The average Bonchev–Trinajstić information content (AvgIpc) is 3.25. The lowest BCUT2D eigenvalue weighted by Gasteiger charge is -2.08. The summed E-state index contributed by atoms with van der Waals surface area (Å²) in [6.07, 6.45) is 0. The maximum absolute atomic E-state index is 12.8. The van der Waals surface area contributed by atoms with E-state index < -0.39 is 0 Å². The van der Waals surface area contributed by atoms with Crippen molar-refractivity contribution >= 4 is 11.6 Å². The van der Waals surface area contributed by atoms with Gasteiger partial charge < -0.3 is 14.6 Å². The summed E-state index contributed by atoms with van der Waals surface area (Å²) in [4.78, 5) is 17.3. The Bertz CT molecular complexity index is 1090. The molecule has 3 aromatic carbocycles. The maximum Gasteiger partial charge on any atom is 0.259 e. The fourth-order valence-electron chi connectivity index (χ4n) is 2.78. The largest absolute Gasteiger partial charge is 0.497 e. The predicted molar refractivity (Wildman–Crippen MR) is 106 cm³/mol. The summed E-state index contributed by atoms with van der Waals surface area (Å²) < 4.78 is 10.6. The van der Waals surface area contributed by atoms with E-state index in [2.05, 4.69) is 15.5 Å². The number of methoxy groups -OCH3 is 1. The summed E-state index contributed by atoms with van der Waals surface area (Å²) in [5.74, 6) is 1.22. The van der Waals surface area contributed by atoms with Crippen LogP contribution in [0.15, 0.2) is 83.4 Å². The lowest BCUT2D eigenvalue weighted by Crippen LogP contribution is -2.13. The number of aromatic nitrogens is 2. The van der Waals surface area contributed by atoms with E-state index in [-0.39, 0.29) is 5.91 Å². The summed E-state index contributed by atoms with van der Waals surface area (Å²) in [5, 5.41) is 6.91. The second-order valence-electron chi connectivity index (χ2n) is 6.02. The van der Waals surface area contributed by atoms with Gasteiger partial charge in [-0.05, 0) is 36.4 Å². The van der Waals surface area contributed by atoms with Gasteiger partial charge in [-0.25, -0.2) is 0 Å². The van der Waals surface area contributed by atoms with Gasteiger partial charge in [0, 0.05) is 11.3 Å². The number of nitrogens with one attached hydrogen (secondary N) is 1. The minimum atomic E-state index is -0.264. The smallest absolute Gasteiger partial charge is 0.259 e. The molecule has 1 aromatic heterocycles. The van der Waals surface area contributed by atoms with Crippen LogP contribution >= 0.6 is 0 Å². The molecule has 0 bridgehead atoms. The fraction of sp³-hybridized carbons (Fsp3) is 0.0455. The van der Waals surface area contributed by atoms with Crippen molar-refractivity contribution in [2.45, 2.75) is 0 Å². The second-order valence-corrected chi connectivity index (χ2v) is 6.02. The highest BCUT2D eigenvalue weighted by atomic mass is 16.5. The zero-order chi connectivity index (χ0) is 19.3. The van der Waals surface area contributed by atoms with Crippen LogP contribution in [0.3, 0.4) is 0 Å². The van der Waals surface area contributed by atoms with E-state index >= 15 is 0 Å². The lowest BCUT2D eigenvalue weighted by atomic mass is 10.1. The van der Waals surface area contributed by atoms with Gasteiger partial charge in [0.05, 0.1) is 18.2 Å². The Morgan fingerprint density at radius 3 is 2.39 bits per heavy atom. The molecule has 0 fully saturated rings. The van der Waals surface area contributed by atoms with E-state index in [1.807, 2.05) is 36.4 Å². The Balaban J connectivity index is 1.61. The standard InChI is InChI=1S/C22H17N3O3/c1-27-17-13-11-16(12-14-17)23-21(26)18-9-5-6-10-19(18)22-24-20(25-28-22)15-7-3-2-4-8-15/h2-14H,1H3,(H,23,26). The quantitative estimate of drug-likeness (QED) is 0.552. The number of hydrogen-bond acceptors (Lipinski definition) is 5. The number of nitrogens with zero attached hydrogens (tertiary/aromatic N) is 2. The Morgan fingerprint density at radius 2 is 1.64 bits per heavy atom. The maximum atomic E-state index is 12.8. The number of ether oxygens (including phenoxy) is 1. The lowest BCUT2D eigenvalue weighted by molar-refractivity contribution is 0.102. The third-order valence-corrected chi connectivity index (χ3v) is 4.21. The minimum Gasteiger partial charge on any atom is -0.497 e. The second kappa shape index (κ2) is 7.75. The number of rotatable bonds is 5. The van der Waals surface area contributed by atoms with Crippen molar-refractivity contribution in [3.8, 4) is 28.6 Å². The first kappa shape index (κ1) is 17.5. The third-order valence-electron chi connectivity index (χ3n) is 4.21. The fourth-order valence-corrected chi connectivity index (χ4v) is 2.78. The molecule has 1 heterocycles.